The van der Waals surface area contributed by atoms with Crippen molar-refractivity contribution in [1.29, 1.82) is 0 Å². The van der Waals surface area contributed by atoms with Gasteiger partial charge in [0, 0.05) is 38.6 Å². The fourth-order valence-electron chi connectivity index (χ4n) is 3.71. The highest BCUT2D eigenvalue weighted by atomic mass is 16.2. The van der Waals surface area contributed by atoms with Crippen LogP contribution in [0.1, 0.15) is 24.0 Å². The van der Waals surface area contributed by atoms with Gasteiger partial charge in [-0.05, 0) is 38.4 Å². The summed E-state index contributed by atoms with van der Waals surface area (Å²) in [5, 5.41) is 0. The van der Waals surface area contributed by atoms with Gasteiger partial charge in [-0.3, -0.25) is 14.5 Å². The van der Waals surface area contributed by atoms with Gasteiger partial charge < -0.3 is 9.80 Å². The molecule has 5 nitrogen and oxygen atoms in total. The van der Waals surface area contributed by atoms with Gasteiger partial charge in [-0.15, -0.1) is 0 Å². The Morgan fingerprint density at radius 1 is 1.12 bits per heavy atom. The fourth-order valence-corrected chi connectivity index (χ4v) is 3.71. The van der Waals surface area contributed by atoms with Crippen molar-refractivity contribution in [2.24, 2.45) is 5.92 Å². The Bertz CT molecular complexity index is 574. The first kappa shape index (κ1) is 17.0. The zero-order valence-corrected chi connectivity index (χ0v) is 14.5. The second-order valence-corrected chi connectivity index (χ2v) is 7.01. The van der Waals surface area contributed by atoms with Crippen molar-refractivity contribution in [3.63, 3.8) is 0 Å². The summed E-state index contributed by atoms with van der Waals surface area (Å²) in [6.07, 6.45) is 2.77. The summed E-state index contributed by atoms with van der Waals surface area (Å²) in [5.74, 6) is 0.442. The van der Waals surface area contributed by atoms with Gasteiger partial charge in [0.1, 0.15) is 0 Å². The first-order valence-corrected chi connectivity index (χ1v) is 8.92. The van der Waals surface area contributed by atoms with Gasteiger partial charge in [-0.25, -0.2) is 0 Å². The molecule has 2 heterocycles. The van der Waals surface area contributed by atoms with Gasteiger partial charge in [0.05, 0.1) is 0 Å². The zero-order chi connectivity index (χ0) is 16.9. The van der Waals surface area contributed by atoms with Crippen LogP contribution >= 0.6 is 0 Å². The van der Waals surface area contributed by atoms with Gasteiger partial charge in [0.25, 0.3) is 0 Å². The third kappa shape index (κ3) is 4.15. The Kier molecular flexibility index (Phi) is 5.51. The number of nitrogens with zero attached hydrogens (tertiary/aromatic N) is 3. The summed E-state index contributed by atoms with van der Waals surface area (Å²) >= 11 is 0. The van der Waals surface area contributed by atoms with E-state index in [2.05, 4.69) is 36.1 Å². The Hall–Kier alpha value is -1.88. The first-order chi connectivity index (χ1) is 11.7. The number of hydrogen-bond donors (Lipinski definition) is 0. The van der Waals surface area contributed by atoms with Crippen LogP contribution in [0, 0.1) is 12.8 Å². The van der Waals surface area contributed by atoms with Gasteiger partial charge in [-0.2, -0.15) is 0 Å². The predicted molar refractivity (Wildman–Crippen MR) is 93.4 cm³/mol. The van der Waals surface area contributed by atoms with E-state index >= 15 is 0 Å². The molecule has 5 heteroatoms. The molecule has 1 aromatic rings. The van der Waals surface area contributed by atoms with Crippen LogP contribution < -0.4 is 0 Å². The molecule has 0 radical (unpaired) electrons. The largest absolute Gasteiger partial charge is 0.342 e. The number of carbonyl (C=O) groups is 2. The quantitative estimate of drug-likeness (QED) is 0.787. The Labute approximate surface area is 144 Å². The van der Waals surface area contributed by atoms with Crippen LogP contribution in [-0.2, 0) is 16.1 Å². The van der Waals surface area contributed by atoms with Gasteiger partial charge in [0.15, 0.2) is 0 Å². The van der Waals surface area contributed by atoms with Crippen molar-refractivity contribution in [1.82, 2.24) is 14.7 Å². The molecule has 2 saturated heterocycles. The molecule has 2 amide bonds. The van der Waals surface area contributed by atoms with Crippen LogP contribution in [-0.4, -0.2) is 66.3 Å². The molecule has 0 unspecified atom stereocenters. The number of likely N-dealkylation sites (tertiary alicyclic amines) is 1. The van der Waals surface area contributed by atoms with Crippen molar-refractivity contribution in [2.75, 3.05) is 39.3 Å². The average molecular weight is 329 g/mol. The lowest BCUT2D eigenvalue weighted by atomic mass is 9.94. The molecule has 0 saturated carbocycles. The van der Waals surface area contributed by atoms with Crippen molar-refractivity contribution in [2.45, 2.75) is 26.3 Å². The van der Waals surface area contributed by atoms with Gasteiger partial charge in [0.2, 0.25) is 12.3 Å². The Balaban J connectivity index is 1.46. The molecule has 1 aromatic carbocycles. The standard InChI is InChI=1S/C19H27N3O2/c1-16-3-2-4-17(13-16)14-20-7-5-18(6-8-20)19(24)22-11-9-21(15-23)10-12-22/h2-4,13,15,18H,5-12,14H2,1H3. The summed E-state index contributed by atoms with van der Waals surface area (Å²) in [4.78, 5) is 29.6. The SMILES string of the molecule is Cc1cccc(CN2CCC(C(=O)N3CCN(C=O)CC3)CC2)c1. The van der Waals surface area contributed by atoms with Crippen LogP contribution in [0.5, 0.6) is 0 Å². The Morgan fingerprint density at radius 2 is 1.83 bits per heavy atom. The van der Waals surface area contributed by atoms with Gasteiger partial charge in [-0.1, -0.05) is 29.8 Å². The molecule has 3 rings (SSSR count). The molecule has 0 N–H and O–H groups in total. The summed E-state index contributed by atoms with van der Waals surface area (Å²) in [6.45, 7) is 7.77. The number of hydrogen-bond acceptors (Lipinski definition) is 3. The second kappa shape index (κ2) is 7.79. The predicted octanol–water partition coefficient (Wildman–Crippen LogP) is 1.51. The van der Waals surface area contributed by atoms with E-state index in [0.29, 0.717) is 26.2 Å². The number of rotatable bonds is 4. The van der Waals surface area contributed by atoms with Crippen LogP contribution in [0.4, 0.5) is 0 Å². The number of piperidine rings is 1. The number of benzene rings is 1. The lowest BCUT2D eigenvalue weighted by molar-refractivity contribution is -0.140. The minimum Gasteiger partial charge on any atom is -0.342 e. The Morgan fingerprint density at radius 3 is 2.46 bits per heavy atom. The average Bonchev–Trinajstić information content (AvgIpc) is 2.62. The molecule has 130 valence electrons. The lowest BCUT2D eigenvalue weighted by Gasteiger charge is -2.37. The molecule has 2 aliphatic heterocycles. The molecule has 2 fully saturated rings. The second-order valence-electron chi connectivity index (χ2n) is 7.01. The molecule has 0 spiro atoms. The maximum atomic E-state index is 12.7. The van der Waals surface area contributed by atoms with Crippen molar-refractivity contribution in [3.8, 4) is 0 Å². The van der Waals surface area contributed by atoms with E-state index in [9.17, 15) is 9.59 Å². The fraction of sp³-hybridized carbons (Fsp3) is 0.579. The van der Waals surface area contributed by atoms with Crippen molar-refractivity contribution < 1.29 is 9.59 Å². The summed E-state index contributed by atoms with van der Waals surface area (Å²) in [5.41, 5.74) is 2.65. The van der Waals surface area contributed by atoms with E-state index < -0.39 is 0 Å². The van der Waals surface area contributed by atoms with E-state index in [1.807, 2.05) is 4.90 Å². The molecule has 0 bridgehead atoms. The number of aryl methyl sites for hydroxylation is 1. The molecular weight excluding hydrogens is 302 g/mol. The first-order valence-electron chi connectivity index (χ1n) is 8.92. The molecule has 24 heavy (non-hydrogen) atoms. The minimum atomic E-state index is 0.154. The third-order valence-corrected chi connectivity index (χ3v) is 5.20. The van der Waals surface area contributed by atoms with Crippen molar-refractivity contribution in [3.05, 3.63) is 35.4 Å². The molecule has 0 aliphatic carbocycles. The molecular formula is C19H27N3O2. The minimum absolute atomic E-state index is 0.154. The summed E-state index contributed by atoms with van der Waals surface area (Å²) in [6, 6.07) is 8.65. The molecule has 0 atom stereocenters. The van der Waals surface area contributed by atoms with Crippen LogP contribution in [0.25, 0.3) is 0 Å². The summed E-state index contributed by atoms with van der Waals surface area (Å²) < 4.78 is 0. The van der Waals surface area contributed by atoms with E-state index in [1.165, 1.54) is 11.1 Å². The number of piperazine rings is 1. The number of carbonyl (C=O) groups excluding carboxylic acids is 2. The monoisotopic (exact) mass is 329 g/mol. The van der Waals surface area contributed by atoms with Crippen LogP contribution in [0.2, 0.25) is 0 Å². The summed E-state index contributed by atoms with van der Waals surface area (Å²) in [7, 11) is 0. The smallest absolute Gasteiger partial charge is 0.225 e. The van der Waals surface area contributed by atoms with E-state index in [0.717, 1.165) is 38.9 Å². The lowest BCUT2D eigenvalue weighted by Crippen LogP contribution is -2.51. The molecule has 2 aliphatic rings. The highest BCUT2D eigenvalue weighted by molar-refractivity contribution is 5.79. The maximum absolute atomic E-state index is 12.7. The van der Waals surface area contributed by atoms with Gasteiger partial charge >= 0.3 is 0 Å². The van der Waals surface area contributed by atoms with E-state index in [-0.39, 0.29) is 11.8 Å². The third-order valence-electron chi connectivity index (χ3n) is 5.20. The van der Waals surface area contributed by atoms with Crippen molar-refractivity contribution >= 4 is 12.3 Å². The maximum Gasteiger partial charge on any atom is 0.225 e. The van der Waals surface area contributed by atoms with Crippen LogP contribution in [0.3, 0.4) is 0 Å². The normalized spacial score (nSPS) is 20.2. The topological polar surface area (TPSA) is 43.9 Å². The number of amides is 2. The highest BCUT2D eigenvalue weighted by Gasteiger charge is 2.30. The van der Waals surface area contributed by atoms with E-state index in [4.69, 9.17) is 0 Å². The van der Waals surface area contributed by atoms with Crippen LogP contribution in [0.15, 0.2) is 24.3 Å². The van der Waals surface area contributed by atoms with E-state index in [1.54, 1.807) is 4.90 Å². The zero-order valence-electron chi connectivity index (χ0n) is 14.5. The highest BCUT2D eigenvalue weighted by Crippen LogP contribution is 2.22. The molecule has 0 aromatic heterocycles.